The number of hydrogen-bond acceptors (Lipinski definition) is 4. The van der Waals surface area contributed by atoms with E-state index in [1.807, 2.05) is 13.8 Å². The SMILES string of the molecule is CCC1COCCN1CCC(C)(NC(C)C)C(=O)O. The van der Waals surface area contributed by atoms with Crippen LogP contribution in [0.25, 0.3) is 0 Å². The van der Waals surface area contributed by atoms with Crippen LogP contribution >= 0.6 is 0 Å². The van der Waals surface area contributed by atoms with Crippen molar-refractivity contribution in [1.29, 1.82) is 0 Å². The molecule has 2 atom stereocenters. The third kappa shape index (κ3) is 4.75. The van der Waals surface area contributed by atoms with Crippen LogP contribution in [-0.4, -0.2) is 59.9 Å². The molecular weight excluding hydrogens is 244 g/mol. The van der Waals surface area contributed by atoms with Crippen LogP contribution in [0.5, 0.6) is 0 Å². The molecule has 5 nitrogen and oxygen atoms in total. The molecule has 0 aromatic carbocycles. The molecule has 2 N–H and O–H groups in total. The van der Waals surface area contributed by atoms with Crippen molar-refractivity contribution in [3.8, 4) is 0 Å². The number of hydrogen-bond donors (Lipinski definition) is 2. The summed E-state index contributed by atoms with van der Waals surface area (Å²) in [5, 5.41) is 12.6. The Bertz CT molecular complexity index is 296. The molecule has 1 fully saturated rings. The fourth-order valence-corrected chi connectivity index (χ4v) is 2.60. The predicted molar refractivity (Wildman–Crippen MR) is 75.4 cm³/mol. The van der Waals surface area contributed by atoms with Gasteiger partial charge in [0.1, 0.15) is 5.54 Å². The number of carboxylic acids is 1. The first kappa shape index (κ1) is 16.4. The maximum atomic E-state index is 11.5. The van der Waals surface area contributed by atoms with Crippen LogP contribution in [0.15, 0.2) is 0 Å². The average Bonchev–Trinajstić information content (AvgIpc) is 2.35. The van der Waals surface area contributed by atoms with Crippen molar-refractivity contribution in [2.45, 2.75) is 58.2 Å². The van der Waals surface area contributed by atoms with Crippen molar-refractivity contribution >= 4 is 5.97 Å². The summed E-state index contributed by atoms with van der Waals surface area (Å²) in [6, 6.07) is 0.582. The van der Waals surface area contributed by atoms with E-state index >= 15 is 0 Å². The van der Waals surface area contributed by atoms with Crippen LogP contribution < -0.4 is 5.32 Å². The van der Waals surface area contributed by atoms with Gasteiger partial charge in [-0.3, -0.25) is 15.0 Å². The van der Waals surface area contributed by atoms with Gasteiger partial charge in [0.15, 0.2) is 0 Å². The average molecular weight is 272 g/mol. The van der Waals surface area contributed by atoms with Gasteiger partial charge in [-0.25, -0.2) is 0 Å². The highest BCUT2D eigenvalue weighted by molar-refractivity contribution is 5.78. The second-order valence-electron chi connectivity index (χ2n) is 5.86. The molecule has 0 amide bonds. The van der Waals surface area contributed by atoms with Crippen molar-refractivity contribution in [2.75, 3.05) is 26.3 Å². The minimum Gasteiger partial charge on any atom is -0.480 e. The van der Waals surface area contributed by atoms with E-state index in [0.717, 1.165) is 32.7 Å². The number of morpholine rings is 1. The molecule has 0 aromatic rings. The van der Waals surface area contributed by atoms with E-state index < -0.39 is 11.5 Å². The molecule has 5 heteroatoms. The molecule has 1 aliphatic rings. The highest BCUT2D eigenvalue weighted by atomic mass is 16.5. The summed E-state index contributed by atoms with van der Waals surface area (Å²) in [5.41, 5.74) is -0.856. The Morgan fingerprint density at radius 2 is 2.26 bits per heavy atom. The molecule has 0 aromatic heterocycles. The summed E-state index contributed by atoms with van der Waals surface area (Å²) in [6.07, 6.45) is 1.65. The van der Waals surface area contributed by atoms with Gasteiger partial charge < -0.3 is 9.84 Å². The minimum absolute atomic E-state index is 0.160. The Hall–Kier alpha value is -0.650. The van der Waals surface area contributed by atoms with E-state index in [0.29, 0.717) is 12.5 Å². The first-order chi connectivity index (χ1) is 8.89. The van der Waals surface area contributed by atoms with Gasteiger partial charge >= 0.3 is 5.97 Å². The molecule has 1 aliphatic heterocycles. The van der Waals surface area contributed by atoms with Crippen LogP contribution in [0.2, 0.25) is 0 Å². The molecule has 2 unspecified atom stereocenters. The second-order valence-corrected chi connectivity index (χ2v) is 5.86. The molecule has 0 spiro atoms. The van der Waals surface area contributed by atoms with Gasteiger partial charge in [-0.2, -0.15) is 0 Å². The maximum Gasteiger partial charge on any atom is 0.323 e. The molecule has 1 saturated heterocycles. The fraction of sp³-hybridized carbons (Fsp3) is 0.929. The quantitative estimate of drug-likeness (QED) is 0.732. The Balaban J connectivity index is 2.57. The number of nitrogens with one attached hydrogen (secondary N) is 1. The van der Waals surface area contributed by atoms with Crippen LogP contribution in [0.3, 0.4) is 0 Å². The number of carboxylic acid groups (broad SMARTS) is 1. The molecule has 19 heavy (non-hydrogen) atoms. The maximum absolute atomic E-state index is 11.5. The smallest absolute Gasteiger partial charge is 0.323 e. The van der Waals surface area contributed by atoms with Crippen molar-refractivity contribution in [3.05, 3.63) is 0 Å². The summed E-state index contributed by atoms with van der Waals surface area (Å²) in [5.74, 6) is -0.775. The van der Waals surface area contributed by atoms with E-state index in [2.05, 4.69) is 17.1 Å². The van der Waals surface area contributed by atoms with E-state index in [9.17, 15) is 9.90 Å². The summed E-state index contributed by atoms with van der Waals surface area (Å²) in [7, 11) is 0. The van der Waals surface area contributed by atoms with Gasteiger partial charge in [0.05, 0.1) is 13.2 Å². The topological polar surface area (TPSA) is 61.8 Å². The molecule has 1 rings (SSSR count). The summed E-state index contributed by atoms with van der Waals surface area (Å²) in [4.78, 5) is 13.8. The number of aliphatic carboxylic acids is 1. The zero-order chi connectivity index (χ0) is 14.5. The van der Waals surface area contributed by atoms with Crippen LogP contribution in [0.1, 0.15) is 40.5 Å². The monoisotopic (exact) mass is 272 g/mol. The zero-order valence-electron chi connectivity index (χ0n) is 12.6. The third-order valence-electron chi connectivity index (χ3n) is 3.80. The Morgan fingerprint density at radius 1 is 1.58 bits per heavy atom. The first-order valence-electron chi connectivity index (χ1n) is 7.22. The van der Waals surface area contributed by atoms with Crippen LogP contribution in [0.4, 0.5) is 0 Å². The lowest BCUT2D eigenvalue weighted by Gasteiger charge is -2.37. The number of ether oxygens (including phenoxy) is 1. The van der Waals surface area contributed by atoms with Crippen molar-refractivity contribution < 1.29 is 14.6 Å². The van der Waals surface area contributed by atoms with Gasteiger partial charge in [-0.05, 0) is 33.6 Å². The van der Waals surface area contributed by atoms with Crippen LogP contribution in [-0.2, 0) is 9.53 Å². The van der Waals surface area contributed by atoms with E-state index in [1.165, 1.54) is 0 Å². The summed E-state index contributed by atoms with van der Waals surface area (Å²) >= 11 is 0. The Labute approximate surface area is 116 Å². The number of rotatable bonds is 7. The highest BCUT2D eigenvalue weighted by Gasteiger charge is 2.34. The highest BCUT2D eigenvalue weighted by Crippen LogP contribution is 2.16. The molecule has 112 valence electrons. The van der Waals surface area contributed by atoms with Gasteiger partial charge in [0.2, 0.25) is 0 Å². The largest absolute Gasteiger partial charge is 0.480 e. The van der Waals surface area contributed by atoms with Gasteiger partial charge in [0, 0.05) is 25.2 Å². The van der Waals surface area contributed by atoms with Crippen molar-refractivity contribution in [3.63, 3.8) is 0 Å². The summed E-state index contributed by atoms with van der Waals surface area (Å²) < 4.78 is 5.47. The second kappa shape index (κ2) is 7.22. The first-order valence-corrected chi connectivity index (χ1v) is 7.22. The normalized spacial score (nSPS) is 24.4. The Morgan fingerprint density at radius 3 is 2.79 bits per heavy atom. The lowest BCUT2D eigenvalue weighted by molar-refractivity contribution is -0.145. The molecule has 0 bridgehead atoms. The van der Waals surface area contributed by atoms with E-state index in [1.54, 1.807) is 6.92 Å². The number of carbonyl (C=O) groups is 1. The molecule has 0 saturated carbocycles. The third-order valence-corrected chi connectivity index (χ3v) is 3.80. The van der Waals surface area contributed by atoms with E-state index in [-0.39, 0.29) is 6.04 Å². The van der Waals surface area contributed by atoms with Crippen LogP contribution in [0, 0.1) is 0 Å². The van der Waals surface area contributed by atoms with Gasteiger partial charge in [0.25, 0.3) is 0 Å². The molecular formula is C14H28N2O3. The minimum atomic E-state index is -0.856. The summed E-state index contributed by atoms with van der Waals surface area (Å²) in [6.45, 7) is 11.1. The van der Waals surface area contributed by atoms with E-state index in [4.69, 9.17) is 4.74 Å². The zero-order valence-corrected chi connectivity index (χ0v) is 12.6. The Kier molecular flexibility index (Phi) is 6.23. The molecule has 1 heterocycles. The van der Waals surface area contributed by atoms with Crippen molar-refractivity contribution in [1.82, 2.24) is 10.2 Å². The standard InChI is InChI=1S/C14H28N2O3/c1-5-12-10-19-9-8-16(12)7-6-14(4,13(17)18)15-11(2)3/h11-12,15H,5-10H2,1-4H3,(H,17,18). The van der Waals surface area contributed by atoms with Gasteiger partial charge in [-0.1, -0.05) is 6.92 Å². The fourth-order valence-electron chi connectivity index (χ4n) is 2.60. The number of nitrogens with zero attached hydrogens (tertiary/aromatic N) is 1. The van der Waals surface area contributed by atoms with Crippen molar-refractivity contribution in [2.24, 2.45) is 0 Å². The van der Waals surface area contributed by atoms with Gasteiger partial charge in [-0.15, -0.1) is 0 Å². The lowest BCUT2D eigenvalue weighted by Crippen LogP contribution is -2.55. The lowest BCUT2D eigenvalue weighted by atomic mass is 9.96. The predicted octanol–water partition coefficient (Wildman–Crippen LogP) is 1.33. The molecule has 0 radical (unpaired) electrons. The molecule has 0 aliphatic carbocycles.